The first-order valence-electron chi connectivity index (χ1n) is 7.99. The van der Waals surface area contributed by atoms with Crippen molar-refractivity contribution in [2.75, 3.05) is 5.32 Å². The Labute approximate surface area is 136 Å². The number of hydrogen-bond donors (Lipinski definition) is 3. The number of aryl methyl sites for hydroxylation is 2. The van der Waals surface area contributed by atoms with Crippen LogP contribution in [0.3, 0.4) is 0 Å². The van der Waals surface area contributed by atoms with Crippen LogP contribution in [0.5, 0.6) is 0 Å². The minimum atomic E-state index is -0.219. The number of hydrogen-bond acceptors (Lipinski definition) is 4. The molecule has 0 spiro atoms. The van der Waals surface area contributed by atoms with E-state index in [1.165, 1.54) is 34.9 Å². The molecule has 1 aliphatic carbocycles. The number of carbonyl (C=O) groups is 1. The SMILES string of the molecule is O=C(Nc1nnc2nc[nH]n12)c1cccc2c3c([nH]c12)CCCC3. The summed E-state index contributed by atoms with van der Waals surface area (Å²) in [4.78, 5) is 20.2. The van der Waals surface area contributed by atoms with Crippen LogP contribution in [0.1, 0.15) is 34.5 Å². The van der Waals surface area contributed by atoms with Gasteiger partial charge in [-0.2, -0.15) is 9.50 Å². The maximum atomic E-state index is 12.8. The first kappa shape index (κ1) is 13.3. The number of para-hydroxylation sites is 1. The van der Waals surface area contributed by atoms with E-state index in [-0.39, 0.29) is 5.91 Å². The van der Waals surface area contributed by atoms with Crippen LogP contribution in [0.2, 0.25) is 0 Å². The molecule has 120 valence electrons. The first-order chi connectivity index (χ1) is 11.8. The Bertz CT molecular complexity index is 1070. The van der Waals surface area contributed by atoms with E-state index < -0.39 is 0 Å². The number of aromatic nitrogens is 6. The highest BCUT2D eigenvalue weighted by molar-refractivity contribution is 6.12. The molecule has 0 fully saturated rings. The van der Waals surface area contributed by atoms with Crippen LogP contribution in [-0.4, -0.2) is 35.7 Å². The van der Waals surface area contributed by atoms with Crippen molar-refractivity contribution < 1.29 is 4.79 Å². The van der Waals surface area contributed by atoms with Gasteiger partial charge in [0.15, 0.2) is 0 Å². The van der Waals surface area contributed by atoms with Crippen molar-refractivity contribution >= 4 is 28.5 Å². The summed E-state index contributed by atoms with van der Waals surface area (Å²) in [7, 11) is 0. The topological polar surface area (TPSA) is 104 Å². The van der Waals surface area contributed by atoms with Crippen LogP contribution in [0.15, 0.2) is 24.5 Å². The van der Waals surface area contributed by atoms with Crippen molar-refractivity contribution in [3.05, 3.63) is 41.3 Å². The smallest absolute Gasteiger partial charge is 0.273 e. The third-order valence-corrected chi connectivity index (χ3v) is 4.62. The molecule has 1 amide bonds. The van der Waals surface area contributed by atoms with Gasteiger partial charge in [0.25, 0.3) is 17.6 Å². The van der Waals surface area contributed by atoms with Gasteiger partial charge in [-0.1, -0.05) is 12.1 Å². The second kappa shape index (κ2) is 4.92. The number of benzene rings is 1. The summed E-state index contributed by atoms with van der Waals surface area (Å²) >= 11 is 0. The summed E-state index contributed by atoms with van der Waals surface area (Å²) in [6.07, 6.45) is 6.01. The van der Waals surface area contributed by atoms with E-state index in [0.717, 1.165) is 23.7 Å². The third kappa shape index (κ3) is 1.86. The zero-order valence-electron chi connectivity index (χ0n) is 12.8. The van der Waals surface area contributed by atoms with Crippen LogP contribution in [0, 0.1) is 0 Å². The lowest BCUT2D eigenvalue weighted by Gasteiger charge is -2.10. The molecule has 0 radical (unpaired) electrons. The number of carbonyl (C=O) groups excluding carboxylic acids is 1. The Balaban J connectivity index is 1.57. The van der Waals surface area contributed by atoms with Crippen molar-refractivity contribution in [1.82, 2.24) is 29.8 Å². The summed E-state index contributed by atoms with van der Waals surface area (Å²) in [6, 6.07) is 5.83. The summed E-state index contributed by atoms with van der Waals surface area (Å²) in [6.45, 7) is 0. The Hall–Kier alpha value is -3.16. The lowest BCUT2D eigenvalue weighted by atomic mass is 9.95. The molecule has 24 heavy (non-hydrogen) atoms. The van der Waals surface area contributed by atoms with Crippen molar-refractivity contribution in [2.24, 2.45) is 0 Å². The zero-order chi connectivity index (χ0) is 16.1. The predicted molar refractivity (Wildman–Crippen MR) is 88.0 cm³/mol. The van der Waals surface area contributed by atoms with E-state index in [1.54, 1.807) is 0 Å². The highest BCUT2D eigenvalue weighted by Gasteiger charge is 2.20. The summed E-state index contributed by atoms with van der Waals surface area (Å²) in [5, 5.41) is 14.6. The molecule has 5 rings (SSSR count). The summed E-state index contributed by atoms with van der Waals surface area (Å²) in [5.74, 6) is 0.516. The van der Waals surface area contributed by atoms with Crippen molar-refractivity contribution in [1.29, 1.82) is 0 Å². The number of anilines is 1. The largest absolute Gasteiger partial charge is 0.358 e. The highest BCUT2D eigenvalue weighted by Crippen LogP contribution is 2.31. The number of aromatic amines is 2. The molecule has 8 nitrogen and oxygen atoms in total. The van der Waals surface area contributed by atoms with Gasteiger partial charge in [-0.3, -0.25) is 15.2 Å². The predicted octanol–water partition coefficient (Wildman–Crippen LogP) is 2.06. The normalized spacial score (nSPS) is 14.2. The molecule has 1 aliphatic rings. The maximum Gasteiger partial charge on any atom is 0.273 e. The number of nitrogens with zero attached hydrogens (tertiary/aromatic N) is 4. The molecule has 0 atom stereocenters. The van der Waals surface area contributed by atoms with Gasteiger partial charge in [0, 0.05) is 11.1 Å². The average molecular weight is 321 g/mol. The standard InChI is InChI=1S/C16H15N7O/c24-14(20-16-22-21-15-17-8-18-23(15)16)11-6-3-5-10-9-4-1-2-7-12(9)19-13(10)11/h3,5-6,8,19H,1-2,4,7H2,(H,17,18,21)(H,20,22,24). The van der Waals surface area contributed by atoms with E-state index in [4.69, 9.17) is 0 Å². The van der Waals surface area contributed by atoms with Crippen molar-refractivity contribution in [2.45, 2.75) is 25.7 Å². The van der Waals surface area contributed by atoms with E-state index in [1.807, 2.05) is 12.1 Å². The molecule has 4 aromatic rings. The molecule has 8 heteroatoms. The molecular formula is C16H15N7O. The summed E-state index contributed by atoms with van der Waals surface area (Å²) in [5.41, 5.74) is 4.12. The quantitative estimate of drug-likeness (QED) is 0.525. The molecule has 3 aromatic heterocycles. The van der Waals surface area contributed by atoms with Crippen molar-refractivity contribution in [3.63, 3.8) is 0 Å². The van der Waals surface area contributed by atoms with Crippen LogP contribution in [0.4, 0.5) is 5.95 Å². The number of nitrogens with one attached hydrogen (secondary N) is 3. The van der Waals surface area contributed by atoms with Gasteiger partial charge >= 0.3 is 0 Å². The number of rotatable bonds is 2. The number of H-pyrrole nitrogens is 2. The van der Waals surface area contributed by atoms with Gasteiger partial charge in [-0.25, -0.2) is 0 Å². The molecule has 1 aromatic carbocycles. The molecule has 0 saturated heterocycles. The maximum absolute atomic E-state index is 12.8. The molecule has 0 saturated carbocycles. The molecule has 0 unspecified atom stereocenters. The van der Waals surface area contributed by atoms with Gasteiger partial charge in [0.05, 0.1) is 11.1 Å². The molecule has 0 aliphatic heterocycles. The fourth-order valence-electron chi connectivity index (χ4n) is 3.49. The Morgan fingerprint density at radius 2 is 2.12 bits per heavy atom. The van der Waals surface area contributed by atoms with E-state index in [2.05, 4.69) is 36.6 Å². The van der Waals surface area contributed by atoms with Gasteiger partial charge < -0.3 is 4.98 Å². The van der Waals surface area contributed by atoms with Crippen LogP contribution in [-0.2, 0) is 12.8 Å². The molecule has 3 N–H and O–H groups in total. The van der Waals surface area contributed by atoms with Crippen LogP contribution >= 0.6 is 0 Å². The monoisotopic (exact) mass is 321 g/mol. The fourth-order valence-corrected chi connectivity index (χ4v) is 3.49. The molecular weight excluding hydrogens is 306 g/mol. The van der Waals surface area contributed by atoms with E-state index in [0.29, 0.717) is 17.3 Å². The Morgan fingerprint density at radius 1 is 1.21 bits per heavy atom. The van der Waals surface area contributed by atoms with Crippen LogP contribution in [0.25, 0.3) is 16.7 Å². The molecule has 0 bridgehead atoms. The Morgan fingerprint density at radius 3 is 3.08 bits per heavy atom. The number of amides is 1. The number of fused-ring (bicyclic) bond motifs is 4. The average Bonchev–Trinajstić information content (AvgIpc) is 3.29. The first-order valence-corrected chi connectivity index (χ1v) is 7.99. The minimum absolute atomic E-state index is 0.219. The Kier molecular flexibility index (Phi) is 2.72. The fraction of sp³-hybridized carbons (Fsp3) is 0.250. The second-order valence-electron chi connectivity index (χ2n) is 6.02. The van der Waals surface area contributed by atoms with Gasteiger partial charge in [0.1, 0.15) is 6.33 Å². The van der Waals surface area contributed by atoms with Gasteiger partial charge in [0.2, 0.25) is 0 Å². The zero-order valence-corrected chi connectivity index (χ0v) is 12.8. The van der Waals surface area contributed by atoms with Gasteiger partial charge in [-0.05, 0) is 37.3 Å². The minimum Gasteiger partial charge on any atom is -0.358 e. The third-order valence-electron chi connectivity index (χ3n) is 4.62. The second-order valence-corrected chi connectivity index (χ2v) is 6.02. The van der Waals surface area contributed by atoms with Crippen molar-refractivity contribution in [3.8, 4) is 0 Å². The van der Waals surface area contributed by atoms with Gasteiger partial charge in [-0.15, -0.1) is 10.2 Å². The summed E-state index contributed by atoms with van der Waals surface area (Å²) < 4.78 is 1.53. The van der Waals surface area contributed by atoms with Crippen LogP contribution < -0.4 is 5.32 Å². The van der Waals surface area contributed by atoms with E-state index >= 15 is 0 Å². The highest BCUT2D eigenvalue weighted by atomic mass is 16.1. The molecule has 3 heterocycles. The van der Waals surface area contributed by atoms with E-state index in [9.17, 15) is 4.79 Å². The lowest BCUT2D eigenvalue weighted by Crippen LogP contribution is -2.15. The lowest BCUT2D eigenvalue weighted by molar-refractivity contribution is 0.102.